The third kappa shape index (κ3) is 3.41. The molecule has 1 aliphatic heterocycles. The largest absolute Gasteiger partial charge is 0.370 e. The van der Waals surface area contributed by atoms with Gasteiger partial charge in [-0.2, -0.15) is 11.8 Å². The summed E-state index contributed by atoms with van der Waals surface area (Å²) in [6.07, 6.45) is 1.96. The zero-order valence-electron chi connectivity index (χ0n) is 11.2. The molecule has 4 nitrogen and oxygen atoms in total. The lowest BCUT2D eigenvalue weighted by molar-refractivity contribution is 0.455. The highest BCUT2D eigenvalue weighted by molar-refractivity contribution is 14.0. The second-order valence-corrected chi connectivity index (χ2v) is 5.86. The highest BCUT2D eigenvalue weighted by atomic mass is 127. The third-order valence-corrected chi connectivity index (χ3v) is 4.36. The minimum Gasteiger partial charge on any atom is -0.370 e. The smallest absolute Gasteiger partial charge is 0.191 e. The van der Waals surface area contributed by atoms with Crippen molar-refractivity contribution in [3.05, 3.63) is 36.0 Å². The van der Waals surface area contributed by atoms with Crippen LogP contribution in [0.1, 0.15) is 5.56 Å². The number of fused-ring (bicyclic) bond motifs is 1. The zero-order valence-corrected chi connectivity index (χ0v) is 14.4. The molecule has 0 amide bonds. The van der Waals surface area contributed by atoms with Crippen LogP contribution in [-0.4, -0.2) is 40.4 Å². The number of rotatable bonds is 2. The van der Waals surface area contributed by atoms with Gasteiger partial charge in [0, 0.05) is 30.8 Å². The number of aliphatic imine (C=N–C) groups is 1. The first-order chi connectivity index (χ1) is 9.34. The molecule has 1 saturated heterocycles. The summed E-state index contributed by atoms with van der Waals surface area (Å²) in [5.41, 5.74) is 8.42. The van der Waals surface area contributed by atoms with Crippen LogP contribution in [0.15, 0.2) is 35.5 Å². The molecule has 0 radical (unpaired) electrons. The van der Waals surface area contributed by atoms with Gasteiger partial charge in [-0.25, -0.2) is 4.99 Å². The Bertz CT molecular complexity index is 590. The summed E-state index contributed by atoms with van der Waals surface area (Å²) in [7, 11) is 0. The van der Waals surface area contributed by atoms with Gasteiger partial charge < -0.3 is 15.6 Å². The standard InChI is InChI=1S/C14H18N4S.HI/c15-14(18-6-8-19-9-7-18)17-10-12-3-1-2-11-4-5-16-13(11)12;/h1-5,16H,6-10H2,(H2,15,17);1H. The fourth-order valence-corrected chi connectivity index (χ4v) is 3.24. The molecule has 108 valence electrons. The minimum atomic E-state index is 0. The molecule has 1 aromatic heterocycles. The molecular weight excluding hydrogens is 383 g/mol. The highest BCUT2D eigenvalue weighted by Crippen LogP contribution is 2.17. The maximum atomic E-state index is 6.07. The number of hydrogen-bond acceptors (Lipinski definition) is 2. The van der Waals surface area contributed by atoms with Crippen LogP contribution in [0.4, 0.5) is 0 Å². The second-order valence-electron chi connectivity index (χ2n) is 4.63. The van der Waals surface area contributed by atoms with Crippen molar-refractivity contribution in [1.29, 1.82) is 0 Å². The SMILES string of the molecule is I.NC(=NCc1cccc2cc[nH]c12)N1CCSCC1. The van der Waals surface area contributed by atoms with E-state index in [2.05, 4.69) is 39.1 Å². The molecule has 2 aromatic rings. The summed E-state index contributed by atoms with van der Waals surface area (Å²) >= 11 is 1.98. The van der Waals surface area contributed by atoms with Crippen molar-refractivity contribution in [2.45, 2.75) is 6.54 Å². The Morgan fingerprint density at radius 2 is 2.10 bits per heavy atom. The van der Waals surface area contributed by atoms with E-state index in [1.54, 1.807) is 0 Å². The highest BCUT2D eigenvalue weighted by Gasteiger charge is 2.12. The Morgan fingerprint density at radius 1 is 1.30 bits per heavy atom. The van der Waals surface area contributed by atoms with E-state index in [1.807, 2.05) is 18.0 Å². The Labute approximate surface area is 140 Å². The van der Waals surface area contributed by atoms with Crippen molar-refractivity contribution in [3.63, 3.8) is 0 Å². The topological polar surface area (TPSA) is 57.4 Å². The normalized spacial score (nSPS) is 16.2. The summed E-state index contributed by atoms with van der Waals surface area (Å²) in [5.74, 6) is 2.95. The van der Waals surface area contributed by atoms with Gasteiger partial charge in [0.15, 0.2) is 5.96 Å². The van der Waals surface area contributed by atoms with Gasteiger partial charge in [0.25, 0.3) is 0 Å². The number of H-pyrrole nitrogens is 1. The van der Waals surface area contributed by atoms with Crippen molar-refractivity contribution in [3.8, 4) is 0 Å². The van der Waals surface area contributed by atoms with Crippen molar-refractivity contribution in [2.75, 3.05) is 24.6 Å². The molecule has 0 bridgehead atoms. The predicted molar refractivity (Wildman–Crippen MR) is 97.9 cm³/mol. The van der Waals surface area contributed by atoms with E-state index in [0.717, 1.165) is 30.1 Å². The zero-order chi connectivity index (χ0) is 13.1. The number of benzene rings is 1. The van der Waals surface area contributed by atoms with Gasteiger partial charge in [-0.3, -0.25) is 0 Å². The number of hydrogen-bond donors (Lipinski definition) is 2. The molecule has 1 fully saturated rings. The van der Waals surface area contributed by atoms with Crippen molar-refractivity contribution < 1.29 is 0 Å². The van der Waals surface area contributed by atoms with Gasteiger partial charge >= 0.3 is 0 Å². The van der Waals surface area contributed by atoms with E-state index in [1.165, 1.54) is 10.9 Å². The van der Waals surface area contributed by atoms with Crippen molar-refractivity contribution >= 4 is 52.6 Å². The van der Waals surface area contributed by atoms with Crippen molar-refractivity contribution in [2.24, 2.45) is 10.7 Å². The quantitative estimate of drug-likeness (QED) is 0.462. The Morgan fingerprint density at radius 3 is 2.90 bits per heavy atom. The molecule has 1 aliphatic rings. The van der Waals surface area contributed by atoms with Gasteiger partial charge in [0.2, 0.25) is 0 Å². The summed E-state index contributed by atoms with van der Waals surface area (Å²) in [6, 6.07) is 8.34. The minimum absolute atomic E-state index is 0. The molecule has 0 atom stereocenters. The molecule has 2 heterocycles. The molecular formula is C14H19IN4S. The van der Waals surface area contributed by atoms with Crippen LogP contribution >= 0.6 is 35.7 Å². The van der Waals surface area contributed by atoms with Crippen LogP contribution < -0.4 is 5.73 Å². The molecule has 3 rings (SSSR count). The van der Waals surface area contributed by atoms with E-state index < -0.39 is 0 Å². The number of nitrogens with zero attached hydrogens (tertiary/aromatic N) is 2. The Balaban J connectivity index is 0.00000147. The van der Waals surface area contributed by atoms with Crippen LogP contribution in [0.25, 0.3) is 10.9 Å². The third-order valence-electron chi connectivity index (χ3n) is 3.42. The Kier molecular flexibility index (Phi) is 5.59. The van der Waals surface area contributed by atoms with Crippen LogP contribution in [0.3, 0.4) is 0 Å². The number of para-hydroxylation sites is 1. The lowest BCUT2D eigenvalue weighted by Crippen LogP contribution is -2.42. The van der Waals surface area contributed by atoms with Crippen LogP contribution in [0.2, 0.25) is 0 Å². The molecule has 20 heavy (non-hydrogen) atoms. The lowest BCUT2D eigenvalue weighted by Gasteiger charge is -2.27. The first-order valence-corrected chi connectivity index (χ1v) is 7.67. The fraction of sp³-hybridized carbons (Fsp3) is 0.357. The van der Waals surface area contributed by atoms with Gasteiger partial charge in [-0.1, -0.05) is 18.2 Å². The molecule has 0 saturated carbocycles. The summed E-state index contributed by atoms with van der Waals surface area (Å²) in [4.78, 5) is 9.98. The molecule has 0 unspecified atom stereocenters. The summed E-state index contributed by atoms with van der Waals surface area (Å²) < 4.78 is 0. The van der Waals surface area contributed by atoms with Gasteiger partial charge in [-0.05, 0) is 17.0 Å². The predicted octanol–water partition coefficient (Wildman–Crippen LogP) is 2.65. The number of aromatic amines is 1. The molecule has 1 aromatic carbocycles. The van der Waals surface area contributed by atoms with Crippen LogP contribution in [0.5, 0.6) is 0 Å². The maximum Gasteiger partial charge on any atom is 0.191 e. The summed E-state index contributed by atoms with van der Waals surface area (Å²) in [5, 5.41) is 1.22. The average Bonchev–Trinajstić information content (AvgIpc) is 2.94. The second kappa shape index (κ2) is 7.21. The van der Waals surface area contributed by atoms with Gasteiger partial charge in [-0.15, -0.1) is 24.0 Å². The summed E-state index contributed by atoms with van der Waals surface area (Å²) in [6.45, 7) is 2.65. The number of thioether (sulfide) groups is 1. The van der Waals surface area contributed by atoms with E-state index in [9.17, 15) is 0 Å². The number of nitrogens with one attached hydrogen (secondary N) is 1. The molecule has 6 heteroatoms. The van der Waals surface area contributed by atoms with E-state index in [4.69, 9.17) is 5.73 Å². The van der Waals surface area contributed by atoms with E-state index in [0.29, 0.717) is 12.5 Å². The van der Waals surface area contributed by atoms with Gasteiger partial charge in [0.1, 0.15) is 0 Å². The first kappa shape index (κ1) is 15.5. The first-order valence-electron chi connectivity index (χ1n) is 6.52. The average molecular weight is 402 g/mol. The monoisotopic (exact) mass is 402 g/mol. The Hall–Kier alpha value is -0.890. The van der Waals surface area contributed by atoms with E-state index in [-0.39, 0.29) is 24.0 Å². The number of aromatic nitrogens is 1. The fourth-order valence-electron chi connectivity index (χ4n) is 2.34. The van der Waals surface area contributed by atoms with Crippen LogP contribution in [0, 0.1) is 0 Å². The van der Waals surface area contributed by atoms with Gasteiger partial charge in [0.05, 0.1) is 12.1 Å². The van der Waals surface area contributed by atoms with Crippen molar-refractivity contribution in [1.82, 2.24) is 9.88 Å². The van der Waals surface area contributed by atoms with Crippen LogP contribution in [-0.2, 0) is 6.54 Å². The molecule has 0 spiro atoms. The molecule has 0 aliphatic carbocycles. The number of guanidine groups is 1. The maximum absolute atomic E-state index is 6.07. The number of halogens is 1. The van der Waals surface area contributed by atoms with E-state index >= 15 is 0 Å². The lowest BCUT2D eigenvalue weighted by atomic mass is 10.1. The molecule has 3 N–H and O–H groups in total. The number of nitrogens with two attached hydrogens (primary N) is 1.